The summed E-state index contributed by atoms with van der Waals surface area (Å²) in [6.45, 7) is 11.9. The Labute approximate surface area is 172 Å². The van der Waals surface area contributed by atoms with Gasteiger partial charge in [-0.1, -0.05) is 0 Å². The van der Waals surface area contributed by atoms with Crippen molar-refractivity contribution in [2.24, 2.45) is 10.9 Å². The molecule has 2 rings (SSSR count). The molecule has 1 aliphatic rings. The topological polar surface area (TPSA) is 67.8 Å². The van der Waals surface area contributed by atoms with Crippen molar-refractivity contribution in [3.8, 4) is 0 Å². The first-order chi connectivity index (χ1) is 11.7. The van der Waals surface area contributed by atoms with Crippen LogP contribution in [0.5, 0.6) is 0 Å². The minimum Gasteiger partial charge on any atom is -0.381 e. The molecule has 1 fully saturated rings. The first-order valence-corrected chi connectivity index (χ1v) is 9.61. The predicted molar refractivity (Wildman–Crippen MR) is 114 cm³/mol. The summed E-state index contributed by atoms with van der Waals surface area (Å²) in [5.74, 6) is 1.44. The number of thiazole rings is 1. The largest absolute Gasteiger partial charge is 0.381 e. The van der Waals surface area contributed by atoms with E-state index in [0.29, 0.717) is 12.5 Å². The molecule has 6 nitrogen and oxygen atoms in total. The maximum Gasteiger partial charge on any atom is 0.191 e. The Kier molecular flexibility index (Phi) is 11.6. The second-order valence-corrected chi connectivity index (χ2v) is 7.31. The van der Waals surface area contributed by atoms with Gasteiger partial charge in [-0.3, -0.25) is 0 Å². The first-order valence-electron chi connectivity index (χ1n) is 8.79. The summed E-state index contributed by atoms with van der Waals surface area (Å²) in [4.78, 5) is 10.3. The summed E-state index contributed by atoms with van der Waals surface area (Å²) in [5.41, 5.74) is 1.08. The fourth-order valence-electron chi connectivity index (χ4n) is 2.56. The zero-order valence-corrected chi connectivity index (χ0v) is 18.6. The van der Waals surface area contributed by atoms with Crippen molar-refractivity contribution in [3.05, 3.63) is 15.6 Å². The molecule has 0 spiro atoms. The van der Waals surface area contributed by atoms with E-state index >= 15 is 0 Å². The van der Waals surface area contributed by atoms with Gasteiger partial charge < -0.3 is 20.1 Å². The van der Waals surface area contributed by atoms with Gasteiger partial charge in [-0.2, -0.15) is 0 Å². The van der Waals surface area contributed by atoms with Gasteiger partial charge in [0, 0.05) is 37.1 Å². The summed E-state index contributed by atoms with van der Waals surface area (Å²) in [6.07, 6.45) is 2.10. The fraction of sp³-hybridized carbons (Fsp3) is 0.765. The summed E-state index contributed by atoms with van der Waals surface area (Å²) in [5, 5.41) is 7.74. The molecule has 2 heterocycles. The third-order valence-electron chi connectivity index (χ3n) is 3.86. The van der Waals surface area contributed by atoms with Gasteiger partial charge >= 0.3 is 0 Å². The number of hydrogen-bond donors (Lipinski definition) is 2. The Hall–Kier alpha value is -0.450. The van der Waals surface area contributed by atoms with Crippen molar-refractivity contribution in [2.75, 3.05) is 39.5 Å². The van der Waals surface area contributed by atoms with Gasteiger partial charge in [-0.15, -0.1) is 35.3 Å². The van der Waals surface area contributed by atoms with Crippen molar-refractivity contribution in [2.45, 2.75) is 40.2 Å². The molecular formula is C17H31IN4O2S. The zero-order valence-electron chi connectivity index (χ0n) is 15.5. The van der Waals surface area contributed by atoms with Crippen LogP contribution in [-0.4, -0.2) is 50.5 Å². The van der Waals surface area contributed by atoms with Gasteiger partial charge in [-0.05, 0) is 33.6 Å². The van der Waals surface area contributed by atoms with E-state index in [1.165, 1.54) is 4.88 Å². The van der Waals surface area contributed by atoms with E-state index in [-0.39, 0.29) is 24.0 Å². The van der Waals surface area contributed by atoms with Crippen molar-refractivity contribution in [3.63, 3.8) is 0 Å². The van der Waals surface area contributed by atoms with Gasteiger partial charge in [0.05, 0.1) is 30.5 Å². The molecule has 1 aliphatic heterocycles. The minimum atomic E-state index is 0. The lowest BCUT2D eigenvalue weighted by molar-refractivity contribution is 0.0888. The SMILES string of the molecule is CCNC(=NCc1sc(C)nc1C)NCCCOCC1CCOC1.I. The zero-order chi connectivity index (χ0) is 17.2. The lowest BCUT2D eigenvalue weighted by Crippen LogP contribution is -2.38. The van der Waals surface area contributed by atoms with Crippen LogP contribution in [0.25, 0.3) is 0 Å². The van der Waals surface area contributed by atoms with Crippen molar-refractivity contribution in [1.29, 1.82) is 0 Å². The number of aliphatic imine (C=N–C) groups is 1. The van der Waals surface area contributed by atoms with E-state index in [4.69, 9.17) is 9.47 Å². The molecule has 8 heteroatoms. The number of halogens is 1. The highest BCUT2D eigenvalue weighted by molar-refractivity contribution is 14.0. The van der Waals surface area contributed by atoms with Gasteiger partial charge in [0.15, 0.2) is 5.96 Å². The first kappa shape index (κ1) is 22.6. The maximum atomic E-state index is 5.72. The van der Waals surface area contributed by atoms with Gasteiger partial charge in [0.1, 0.15) is 0 Å². The van der Waals surface area contributed by atoms with E-state index in [2.05, 4.69) is 27.5 Å². The Balaban J connectivity index is 0.00000312. The molecule has 1 atom stereocenters. The van der Waals surface area contributed by atoms with Crippen LogP contribution in [-0.2, 0) is 16.0 Å². The molecule has 0 aliphatic carbocycles. The number of nitrogens with zero attached hydrogens (tertiary/aromatic N) is 2. The molecule has 0 saturated carbocycles. The number of rotatable bonds is 9. The highest BCUT2D eigenvalue weighted by atomic mass is 127. The second-order valence-electron chi connectivity index (χ2n) is 6.02. The monoisotopic (exact) mass is 482 g/mol. The van der Waals surface area contributed by atoms with Gasteiger partial charge in [0.2, 0.25) is 0 Å². The number of aromatic nitrogens is 1. The highest BCUT2D eigenvalue weighted by Gasteiger charge is 2.15. The molecule has 1 aromatic heterocycles. The maximum absolute atomic E-state index is 5.72. The third-order valence-corrected chi connectivity index (χ3v) is 4.92. The van der Waals surface area contributed by atoms with Crippen LogP contribution >= 0.6 is 35.3 Å². The average Bonchev–Trinajstić information content (AvgIpc) is 3.17. The van der Waals surface area contributed by atoms with Gasteiger partial charge in [-0.25, -0.2) is 9.98 Å². The number of aryl methyl sites for hydroxylation is 2. The third kappa shape index (κ3) is 8.65. The Bertz CT molecular complexity index is 519. The smallest absolute Gasteiger partial charge is 0.191 e. The molecule has 0 radical (unpaired) electrons. The summed E-state index contributed by atoms with van der Waals surface area (Å²) < 4.78 is 11.1. The number of nitrogens with one attached hydrogen (secondary N) is 2. The number of hydrogen-bond acceptors (Lipinski definition) is 5. The quantitative estimate of drug-likeness (QED) is 0.245. The molecule has 144 valence electrons. The van der Waals surface area contributed by atoms with Crippen LogP contribution in [0, 0.1) is 19.8 Å². The molecule has 2 N–H and O–H groups in total. The Morgan fingerprint density at radius 1 is 1.40 bits per heavy atom. The predicted octanol–water partition coefficient (Wildman–Crippen LogP) is 2.88. The van der Waals surface area contributed by atoms with E-state index < -0.39 is 0 Å². The molecule has 25 heavy (non-hydrogen) atoms. The van der Waals surface area contributed by atoms with E-state index in [9.17, 15) is 0 Å². The molecule has 0 amide bonds. The fourth-order valence-corrected chi connectivity index (χ4v) is 3.42. The van der Waals surface area contributed by atoms with Crippen molar-refractivity contribution >= 4 is 41.3 Å². The number of ether oxygens (including phenoxy) is 2. The summed E-state index contributed by atoms with van der Waals surface area (Å²) in [7, 11) is 0. The van der Waals surface area contributed by atoms with Crippen molar-refractivity contribution < 1.29 is 9.47 Å². The van der Waals surface area contributed by atoms with E-state index in [1.54, 1.807) is 11.3 Å². The normalized spacial score (nSPS) is 17.4. The van der Waals surface area contributed by atoms with Crippen LogP contribution in [0.2, 0.25) is 0 Å². The summed E-state index contributed by atoms with van der Waals surface area (Å²) in [6, 6.07) is 0. The molecular weight excluding hydrogens is 451 g/mol. The standard InChI is InChI=1S/C17H30N4O2S.HI/c1-4-18-17(20-10-16-13(2)21-14(3)24-16)19-7-5-8-22-11-15-6-9-23-12-15;/h15H,4-12H2,1-3H3,(H2,18,19,20);1H. The molecule has 1 aromatic rings. The Morgan fingerprint density at radius 3 is 2.88 bits per heavy atom. The van der Waals surface area contributed by atoms with Crippen molar-refractivity contribution in [1.82, 2.24) is 15.6 Å². The van der Waals surface area contributed by atoms with Crippen LogP contribution in [0.4, 0.5) is 0 Å². The lowest BCUT2D eigenvalue weighted by atomic mass is 10.1. The molecule has 0 bridgehead atoms. The van der Waals surface area contributed by atoms with Crippen LogP contribution in [0.1, 0.15) is 35.3 Å². The van der Waals surface area contributed by atoms with Crippen LogP contribution in [0.3, 0.4) is 0 Å². The van der Waals surface area contributed by atoms with Crippen LogP contribution in [0.15, 0.2) is 4.99 Å². The van der Waals surface area contributed by atoms with E-state index in [0.717, 1.165) is 69.0 Å². The molecule has 1 saturated heterocycles. The molecule has 0 aromatic carbocycles. The number of guanidine groups is 1. The highest BCUT2D eigenvalue weighted by Crippen LogP contribution is 2.17. The van der Waals surface area contributed by atoms with Gasteiger partial charge in [0.25, 0.3) is 0 Å². The second kappa shape index (κ2) is 12.8. The van der Waals surface area contributed by atoms with E-state index in [1.807, 2.05) is 13.8 Å². The molecule has 1 unspecified atom stereocenters. The Morgan fingerprint density at radius 2 is 2.24 bits per heavy atom. The lowest BCUT2D eigenvalue weighted by Gasteiger charge is -2.12. The van der Waals surface area contributed by atoms with Crippen LogP contribution < -0.4 is 10.6 Å². The summed E-state index contributed by atoms with van der Waals surface area (Å²) >= 11 is 1.72. The minimum absolute atomic E-state index is 0. The average molecular weight is 482 g/mol.